The Labute approximate surface area is 173 Å². The maximum absolute atomic E-state index is 13.0. The number of carbonyl (C=O) groups is 3. The van der Waals surface area contributed by atoms with E-state index in [2.05, 4.69) is 0 Å². The largest absolute Gasteiger partial charge is 0.416 e. The van der Waals surface area contributed by atoms with Crippen molar-refractivity contribution < 1.29 is 27.6 Å². The molecule has 0 saturated carbocycles. The van der Waals surface area contributed by atoms with Crippen molar-refractivity contribution in [1.82, 2.24) is 14.7 Å². The summed E-state index contributed by atoms with van der Waals surface area (Å²) in [5.74, 6) is -0.709. The molecule has 2 aliphatic heterocycles. The van der Waals surface area contributed by atoms with Crippen LogP contribution in [0.2, 0.25) is 0 Å². The molecule has 2 saturated heterocycles. The molecule has 9 heteroatoms. The van der Waals surface area contributed by atoms with Crippen LogP contribution in [0.15, 0.2) is 24.3 Å². The van der Waals surface area contributed by atoms with E-state index in [1.165, 1.54) is 17.0 Å². The lowest BCUT2D eigenvalue weighted by atomic mass is 9.94. The third-order valence-electron chi connectivity index (χ3n) is 5.85. The maximum atomic E-state index is 13.0. The van der Waals surface area contributed by atoms with Crippen LogP contribution in [0.1, 0.15) is 41.6 Å². The molecule has 30 heavy (non-hydrogen) atoms. The number of nitrogens with zero attached hydrogens (tertiary/aromatic N) is 3. The first-order valence-electron chi connectivity index (χ1n) is 10.1. The second kappa shape index (κ2) is 8.65. The summed E-state index contributed by atoms with van der Waals surface area (Å²) in [6.45, 7) is 1.28. The summed E-state index contributed by atoms with van der Waals surface area (Å²) in [6, 6.07) is 3.76. The number of halogens is 3. The lowest BCUT2D eigenvalue weighted by Gasteiger charge is -2.35. The summed E-state index contributed by atoms with van der Waals surface area (Å²) in [4.78, 5) is 42.6. The molecule has 2 heterocycles. The Morgan fingerprint density at radius 2 is 1.57 bits per heavy atom. The number of likely N-dealkylation sites (tertiary alicyclic amines) is 2. The molecule has 1 aromatic carbocycles. The fourth-order valence-electron chi connectivity index (χ4n) is 4.13. The van der Waals surface area contributed by atoms with Crippen LogP contribution in [-0.2, 0) is 15.8 Å². The second-order valence-corrected chi connectivity index (χ2v) is 8.06. The Kier molecular flexibility index (Phi) is 6.38. The van der Waals surface area contributed by atoms with Gasteiger partial charge in [0.2, 0.25) is 11.8 Å². The van der Waals surface area contributed by atoms with Crippen LogP contribution in [-0.4, -0.2) is 72.2 Å². The summed E-state index contributed by atoms with van der Waals surface area (Å²) in [5.41, 5.74) is -0.597. The average Bonchev–Trinajstić information content (AvgIpc) is 3.21. The van der Waals surface area contributed by atoms with Gasteiger partial charge in [0, 0.05) is 45.2 Å². The molecule has 3 amide bonds. The Balaban J connectivity index is 1.58. The number of benzene rings is 1. The zero-order chi connectivity index (χ0) is 22.1. The molecule has 2 fully saturated rings. The monoisotopic (exact) mass is 425 g/mol. The molecule has 6 nitrogen and oxygen atoms in total. The van der Waals surface area contributed by atoms with E-state index in [-0.39, 0.29) is 29.2 Å². The smallest absolute Gasteiger partial charge is 0.347 e. The third-order valence-corrected chi connectivity index (χ3v) is 5.85. The van der Waals surface area contributed by atoms with E-state index < -0.39 is 17.8 Å². The molecule has 0 spiro atoms. The quantitative estimate of drug-likeness (QED) is 0.748. The van der Waals surface area contributed by atoms with Gasteiger partial charge in [0.05, 0.1) is 5.56 Å². The minimum atomic E-state index is -4.44. The van der Waals surface area contributed by atoms with Gasteiger partial charge >= 0.3 is 6.18 Å². The highest BCUT2D eigenvalue weighted by atomic mass is 19.4. The van der Waals surface area contributed by atoms with Gasteiger partial charge in [0.1, 0.15) is 6.04 Å². The minimum absolute atomic E-state index is 0.0469. The van der Waals surface area contributed by atoms with Gasteiger partial charge < -0.3 is 14.7 Å². The molecular weight excluding hydrogens is 399 g/mol. The summed E-state index contributed by atoms with van der Waals surface area (Å²) in [5, 5.41) is 0. The van der Waals surface area contributed by atoms with E-state index in [0.717, 1.165) is 18.6 Å². The molecule has 164 valence electrons. The summed E-state index contributed by atoms with van der Waals surface area (Å²) >= 11 is 0. The summed E-state index contributed by atoms with van der Waals surface area (Å²) in [7, 11) is 3.35. The molecule has 1 unspecified atom stereocenters. The van der Waals surface area contributed by atoms with Gasteiger partial charge in [-0.05, 0) is 49.9 Å². The van der Waals surface area contributed by atoms with E-state index in [1.807, 2.05) is 0 Å². The van der Waals surface area contributed by atoms with Crippen LogP contribution in [0.25, 0.3) is 0 Å². The number of hydrogen-bond acceptors (Lipinski definition) is 3. The number of alkyl halides is 3. The van der Waals surface area contributed by atoms with Crippen molar-refractivity contribution in [1.29, 1.82) is 0 Å². The van der Waals surface area contributed by atoms with Gasteiger partial charge in [-0.2, -0.15) is 13.2 Å². The van der Waals surface area contributed by atoms with Crippen LogP contribution >= 0.6 is 0 Å². The third kappa shape index (κ3) is 4.60. The van der Waals surface area contributed by atoms with Gasteiger partial charge in [-0.15, -0.1) is 0 Å². The predicted octanol–water partition coefficient (Wildman–Crippen LogP) is 2.64. The standard InChI is InChI=1S/C21H26F3N3O3/c1-25(2)20(30)17-4-3-11-27(17)19(29)15-9-12-26(13-10-15)18(28)14-5-7-16(8-6-14)21(22,23)24/h5-8,15,17H,3-4,9-13H2,1-2H3. The van der Waals surface area contributed by atoms with Crippen molar-refractivity contribution in [2.45, 2.75) is 37.9 Å². The van der Waals surface area contributed by atoms with Crippen molar-refractivity contribution in [2.24, 2.45) is 5.92 Å². The Hall–Kier alpha value is -2.58. The van der Waals surface area contributed by atoms with Crippen LogP contribution in [0.3, 0.4) is 0 Å². The topological polar surface area (TPSA) is 60.9 Å². The maximum Gasteiger partial charge on any atom is 0.416 e. The highest BCUT2D eigenvalue weighted by Crippen LogP contribution is 2.30. The van der Waals surface area contributed by atoms with E-state index in [0.29, 0.717) is 38.9 Å². The lowest BCUT2D eigenvalue weighted by Crippen LogP contribution is -2.49. The highest BCUT2D eigenvalue weighted by molar-refractivity contribution is 5.94. The number of hydrogen-bond donors (Lipinski definition) is 0. The molecule has 0 aliphatic carbocycles. The van der Waals surface area contributed by atoms with Crippen LogP contribution in [0.4, 0.5) is 13.2 Å². The normalized spacial score (nSPS) is 20.4. The van der Waals surface area contributed by atoms with Gasteiger partial charge in [-0.1, -0.05) is 0 Å². The van der Waals surface area contributed by atoms with Crippen molar-refractivity contribution in [3.8, 4) is 0 Å². The van der Waals surface area contributed by atoms with Crippen molar-refractivity contribution in [3.63, 3.8) is 0 Å². The fraction of sp³-hybridized carbons (Fsp3) is 0.571. The summed E-state index contributed by atoms with van der Waals surface area (Å²) in [6.07, 6.45) is -2.04. The Morgan fingerprint density at radius 1 is 0.967 bits per heavy atom. The lowest BCUT2D eigenvalue weighted by molar-refractivity contribution is -0.145. The van der Waals surface area contributed by atoms with Crippen LogP contribution < -0.4 is 0 Å². The van der Waals surface area contributed by atoms with E-state index >= 15 is 0 Å². The van der Waals surface area contributed by atoms with Gasteiger partial charge in [0.15, 0.2) is 0 Å². The number of piperidine rings is 1. The number of likely N-dealkylation sites (N-methyl/N-ethyl adjacent to an activating group) is 1. The molecular formula is C21H26F3N3O3. The van der Waals surface area contributed by atoms with Gasteiger partial charge in [-0.25, -0.2) is 0 Å². The molecule has 3 rings (SSSR count). The average molecular weight is 425 g/mol. The molecule has 0 N–H and O–H groups in total. The number of amides is 3. The summed E-state index contributed by atoms with van der Waals surface area (Å²) < 4.78 is 38.1. The zero-order valence-corrected chi connectivity index (χ0v) is 17.1. The molecule has 0 radical (unpaired) electrons. The first-order chi connectivity index (χ1) is 14.1. The minimum Gasteiger partial charge on any atom is -0.347 e. The first-order valence-corrected chi connectivity index (χ1v) is 10.1. The zero-order valence-electron chi connectivity index (χ0n) is 17.1. The second-order valence-electron chi connectivity index (χ2n) is 8.06. The van der Waals surface area contributed by atoms with Crippen molar-refractivity contribution in [2.75, 3.05) is 33.7 Å². The van der Waals surface area contributed by atoms with Crippen LogP contribution in [0.5, 0.6) is 0 Å². The van der Waals surface area contributed by atoms with Gasteiger partial charge in [0.25, 0.3) is 5.91 Å². The Morgan fingerprint density at radius 3 is 2.10 bits per heavy atom. The molecule has 1 atom stereocenters. The molecule has 2 aliphatic rings. The number of rotatable bonds is 3. The fourth-order valence-corrected chi connectivity index (χ4v) is 4.13. The highest BCUT2D eigenvalue weighted by Gasteiger charge is 2.39. The Bertz CT molecular complexity index is 800. The molecule has 0 bridgehead atoms. The van der Waals surface area contributed by atoms with Gasteiger partial charge in [-0.3, -0.25) is 14.4 Å². The first kappa shape index (κ1) is 22.1. The van der Waals surface area contributed by atoms with E-state index in [4.69, 9.17) is 0 Å². The van der Waals surface area contributed by atoms with E-state index in [9.17, 15) is 27.6 Å². The predicted molar refractivity (Wildman–Crippen MR) is 104 cm³/mol. The van der Waals surface area contributed by atoms with Crippen molar-refractivity contribution >= 4 is 17.7 Å². The molecule has 1 aromatic rings. The van der Waals surface area contributed by atoms with E-state index in [1.54, 1.807) is 23.9 Å². The molecule has 0 aromatic heterocycles. The van der Waals surface area contributed by atoms with Crippen molar-refractivity contribution in [3.05, 3.63) is 35.4 Å². The number of carbonyl (C=O) groups excluding carboxylic acids is 3. The van der Waals surface area contributed by atoms with Crippen LogP contribution in [0, 0.1) is 5.92 Å². The SMILES string of the molecule is CN(C)C(=O)C1CCCN1C(=O)C1CCN(C(=O)c2ccc(C(F)(F)F)cc2)CC1.